The molecular weight excluding hydrogens is 318 g/mol. The van der Waals surface area contributed by atoms with Gasteiger partial charge in [0, 0.05) is 5.69 Å². The van der Waals surface area contributed by atoms with Crippen LogP contribution in [0.4, 0.5) is 0 Å². The molecule has 3 aromatic rings. The van der Waals surface area contributed by atoms with Crippen molar-refractivity contribution in [1.29, 1.82) is 0 Å². The number of nitrogens with zero attached hydrogens (tertiary/aromatic N) is 2. The molecule has 22 heavy (non-hydrogen) atoms. The highest BCUT2D eigenvalue weighted by Crippen LogP contribution is 2.19. The van der Waals surface area contributed by atoms with Gasteiger partial charge in [0.2, 0.25) is 0 Å². The summed E-state index contributed by atoms with van der Waals surface area (Å²) in [7, 11) is 0. The van der Waals surface area contributed by atoms with E-state index in [0.29, 0.717) is 21.1 Å². The van der Waals surface area contributed by atoms with Gasteiger partial charge in [-0.15, -0.1) is 11.3 Å². The van der Waals surface area contributed by atoms with Crippen LogP contribution in [0.15, 0.2) is 33.5 Å². The predicted octanol–water partition coefficient (Wildman–Crippen LogP) is 2.97. The molecule has 0 fully saturated rings. The first-order valence-electron chi connectivity index (χ1n) is 6.62. The summed E-state index contributed by atoms with van der Waals surface area (Å²) in [6.07, 6.45) is 0. The van der Waals surface area contributed by atoms with Gasteiger partial charge in [-0.05, 0) is 36.9 Å². The average Bonchev–Trinajstić information content (AvgIpc) is 2.97. The second kappa shape index (κ2) is 6.02. The molecule has 3 aromatic heterocycles. The van der Waals surface area contributed by atoms with Gasteiger partial charge in [-0.3, -0.25) is 9.59 Å². The lowest BCUT2D eigenvalue weighted by Crippen LogP contribution is -2.12. The van der Waals surface area contributed by atoms with Gasteiger partial charge in [-0.1, -0.05) is 17.8 Å². The number of ketones is 1. The molecule has 0 aliphatic heterocycles. The summed E-state index contributed by atoms with van der Waals surface area (Å²) in [5.74, 6) is 0.260. The predicted molar refractivity (Wildman–Crippen MR) is 89.0 cm³/mol. The zero-order valence-electron chi connectivity index (χ0n) is 12.0. The fraction of sp³-hybridized carbons (Fsp3) is 0.200. The highest BCUT2D eigenvalue weighted by molar-refractivity contribution is 7.99. The maximum Gasteiger partial charge on any atom is 0.261 e. The van der Waals surface area contributed by atoms with Crippen LogP contribution in [0.25, 0.3) is 11.0 Å². The van der Waals surface area contributed by atoms with E-state index in [1.807, 2.05) is 31.4 Å². The van der Waals surface area contributed by atoms with E-state index in [0.717, 1.165) is 11.3 Å². The molecule has 0 amide bonds. The average molecular weight is 331 g/mol. The third kappa shape index (κ3) is 2.95. The Hall–Kier alpha value is -1.99. The van der Waals surface area contributed by atoms with Gasteiger partial charge in [0.25, 0.3) is 5.56 Å². The van der Waals surface area contributed by atoms with Gasteiger partial charge in [0.15, 0.2) is 16.6 Å². The maximum absolute atomic E-state index is 12.2. The summed E-state index contributed by atoms with van der Waals surface area (Å²) >= 11 is 2.63. The number of hydrogen-bond acceptors (Lipinski definition) is 6. The monoisotopic (exact) mass is 331 g/mol. The summed E-state index contributed by atoms with van der Waals surface area (Å²) in [4.78, 5) is 36.3. The molecule has 3 rings (SSSR count). The largest absolute Gasteiger partial charge is 0.301 e. The molecule has 0 spiro atoms. The summed E-state index contributed by atoms with van der Waals surface area (Å²) in [5, 5.41) is 2.78. The van der Waals surface area contributed by atoms with Crippen molar-refractivity contribution in [2.24, 2.45) is 0 Å². The molecule has 112 valence electrons. The van der Waals surface area contributed by atoms with E-state index in [2.05, 4.69) is 15.0 Å². The smallest absolute Gasteiger partial charge is 0.261 e. The van der Waals surface area contributed by atoms with Crippen molar-refractivity contribution in [3.63, 3.8) is 0 Å². The normalized spacial score (nSPS) is 11.0. The van der Waals surface area contributed by atoms with Crippen LogP contribution in [0, 0.1) is 13.8 Å². The minimum Gasteiger partial charge on any atom is -0.301 e. The van der Waals surface area contributed by atoms with Crippen molar-refractivity contribution in [2.45, 2.75) is 19.0 Å². The molecule has 0 aliphatic carbocycles. The molecule has 0 unspecified atom stereocenters. The zero-order valence-corrected chi connectivity index (χ0v) is 13.7. The van der Waals surface area contributed by atoms with E-state index in [9.17, 15) is 9.59 Å². The van der Waals surface area contributed by atoms with Crippen molar-refractivity contribution in [2.75, 3.05) is 5.75 Å². The summed E-state index contributed by atoms with van der Waals surface area (Å²) < 4.78 is 0. The number of thiophene rings is 1. The fourth-order valence-corrected chi connectivity index (χ4v) is 3.67. The summed E-state index contributed by atoms with van der Waals surface area (Å²) in [6.45, 7) is 3.73. The lowest BCUT2D eigenvalue weighted by Gasteiger charge is -2.04. The third-order valence-corrected chi connectivity index (χ3v) is 4.90. The van der Waals surface area contributed by atoms with Crippen LogP contribution in [0.2, 0.25) is 0 Å². The van der Waals surface area contributed by atoms with Gasteiger partial charge in [0.1, 0.15) is 0 Å². The van der Waals surface area contributed by atoms with Crippen molar-refractivity contribution in [3.05, 3.63) is 50.1 Å². The third-order valence-electron chi connectivity index (χ3n) is 3.12. The number of Topliss-reactive ketones (excluding diaryl/α,β-unsaturated/α-hetero) is 1. The number of carbonyl (C=O) groups excluding carboxylic acids is 1. The minimum absolute atomic E-state index is 0.0242. The van der Waals surface area contributed by atoms with Crippen molar-refractivity contribution in [3.8, 4) is 0 Å². The Labute approximate surface area is 134 Å². The van der Waals surface area contributed by atoms with E-state index >= 15 is 0 Å². The van der Waals surface area contributed by atoms with Crippen molar-refractivity contribution in [1.82, 2.24) is 15.0 Å². The molecule has 0 aliphatic rings. The van der Waals surface area contributed by atoms with Crippen LogP contribution >= 0.6 is 23.1 Å². The van der Waals surface area contributed by atoms with E-state index in [-0.39, 0.29) is 17.1 Å². The van der Waals surface area contributed by atoms with Crippen molar-refractivity contribution < 1.29 is 4.79 Å². The Morgan fingerprint density at radius 1 is 1.36 bits per heavy atom. The van der Waals surface area contributed by atoms with Crippen LogP contribution in [-0.2, 0) is 0 Å². The molecule has 0 saturated carbocycles. The van der Waals surface area contributed by atoms with E-state index < -0.39 is 0 Å². The number of hydrogen-bond donors (Lipinski definition) is 1. The second-order valence-electron chi connectivity index (χ2n) is 4.84. The molecule has 5 nitrogen and oxygen atoms in total. The molecular formula is C15H13N3O2S2. The Balaban J connectivity index is 1.89. The first kappa shape index (κ1) is 14.9. The number of H-pyrrole nitrogens is 1. The lowest BCUT2D eigenvalue weighted by atomic mass is 10.2. The van der Waals surface area contributed by atoms with Gasteiger partial charge >= 0.3 is 0 Å². The number of thioether (sulfide) groups is 1. The summed E-state index contributed by atoms with van der Waals surface area (Å²) in [5.41, 5.74) is 1.87. The number of aryl methyl sites for hydroxylation is 2. The van der Waals surface area contributed by atoms with Crippen molar-refractivity contribution >= 4 is 39.9 Å². The lowest BCUT2D eigenvalue weighted by molar-refractivity contribution is 0.102. The number of pyridine rings is 1. The van der Waals surface area contributed by atoms with Gasteiger partial charge in [-0.25, -0.2) is 9.97 Å². The molecule has 1 N–H and O–H groups in total. The van der Waals surface area contributed by atoms with E-state index in [1.54, 1.807) is 6.07 Å². The maximum atomic E-state index is 12.2. The molecule has 0 radical (unpaired) electrons. The quantitative estimate of drug-likeness (QED) is 0.452. The van der Waals surface area contributed by atoms with Gasteiger partial charge < -0.3 is 4.98 Å². The van der Waals surface area contributed by atoms with Gasteiger partial charge in [-0.2, -0.15) is 0 Å². The number of aromatic amines is 1. The Morgan fingerprint density at radius 2 is 2.18 bits per heavy atom. The minimum atomic E-state index is -0.221. The van der Waals surface area contributed by atoms with Crippen LogP contribution in [0.5, 0.6) is 0 Å². The van der Waals surface area contributed by atoms with Crippen LogP contribution in [0.3, 0.4) is 0 Å². The van der Waals surface area contributed by atoms with Gasteiger partial charge in [0.05, 0.1) is 16.0 Å². The number of fused-ring (bicyclic) bond motifs is 1. The Bertz CT molecular complexity index is 901. The molecule has 0 bridgehead atoms. The topological polar surface area (TPSA) is 75.7 Å². The first-order chi connectivity index (χ1) is 10.5. The second-order valence-corrected chi connectivity index (χ2v) is 6.75. The highest BCUT2D eigenvalue weighted by atomic mass is 32.2. The Kier molecular flexibility index (Phi) is 4.08. The SMILES string of the molecule is Cc1cc(C)c2c(=O)[nH]c(SCC(=O)c3cccs3)nc2n1. The molecule has 7 heteroatoms. The molecule has 0 aromatic carbocycles. The number of nitrogens with one attached hydrogen (secondary N) is 1. The van der Waals surface area contributed by atoms with Crippen LogP contribution < -0.4 is 5.56 Å². The molecule has 3 heterocycles. The van der Waals surface area contributed by atoms with Crippen LogP contribution in [-0.4, -0.2) is 26.5 Å². The van der Waals surface area contributed by atoms with E-state index in [4.69, 9.17) is 0 Å². The number of carbonyl (C=O) groups is 1. The highest BCUT2D eigenvalue weighted by Gasteiger charge is 2.12. The first-order valence-corrected chi connectivity index (χ1v) is 8.49. The van der Waals surface area contributed by atoms with Crippen LogP contribution in [0.1, 0.15) is 20.9 Å². The fourth-order valence-electron chi connectivity index (χ4n) is 2.17. The Morgan fingerprint density at radius 3 is 2.91 bits per heavy atom. The zero-order chi connectivity index (χ0) is 15.7. The van der Waals surface area contributed by atoms with E-state index in [1.165, 1.54) is 23.1 Å². The number of rotatable bonds is 4. The summed E-state index contributed by atoms with van der Waals surface area (Å²) in [6, 6.07) is 5.49. The number of aromatic nitrogens is 3. The molecule has 0 saturated heterocycles. The molecule has 0 atom stereocenters. The standard InChI is InChI=1S/C15H13N3O2S2/c1-8-6-9(2)16-13-12(8)14(20)18-15(17-13)22-7-10(19)11-4-3-5-21-11/h3-6H,7H2,1-2H3,(H,16,17,18,20).